The van der Waals surface area contributed by atoms with Crippen LogP contribution < -0.4 is 4.74 Å². The number of esters is 1. The van der Waals surface area contributed by atoms with Crippen LogP contribution in [0.25, 0.3) is 0 Å². The summed E-state index contributed by atoms with van der Waals surface area (Å²) < 4.78 is 43.0. The predicted octanol–water partition coefficient (Wildman–Crippen LogP) is 3.69. The third kappa shape index (κ3) is 3.11. The molecule has 0 saturated carbocycles. The molecule has 0 spiro atoms. The van der Waals surface area contributed by atoms with Gasteiger partial charge < -0.3 is 4.74 Å². The van der Waals surface area contributed by atoms with Crippen molar-refractivity contribution in [2.75, 3.05) is 0 Å². The van der Waals surface area contributed by atoms with Crippen molar-refractivity contribution in [2.24, 2.45) is 0 Å². The fraction of sp³-hybridized carbons (Fsp3) is 0.167. The molecule has 1 aromatic heterocycles. The van der Waals surface area contributed by atoms with Gasteiger partial charge in [-0.05, 0) is 19.1 Å². The van der Waals surface area contributed by atoms with Crippen molar-refractivity contribution < 1.29 is 22.7 Å². The van der Waals surface area contributed by atoms with Crippen molar-refractivity contribution in [3.63, 3.8) is 0 Å². The van der Waals surface area contributed by atoms with Gasteiger partial charge in [0.2, 0.25) is 0 Å². The van der Waals surface area contributed by atoms with Crippen LogP contribution in [0.3, 0.4) is 0 Å². The average Bonchev–Trinajstić information content (AvgIpc) is 2.72. The minimum Gasteiger partial charge on any atom is -0.422 e. The van der Waals surface area contributed by atoms with Gasteiger partial charge in [0.1, 0.15) is 10.6 Å². The molecule has 100 valence electrons. The lowest BCUT2D eigenvalue weighted by atomic mass is 10.3. The second-order valence-corrected chi connectivity index (χ2v) is 4.81. The van der Waals surface area contributed by atoms with Crippen LogP contribution in [0.5, 0.6) is 5.75 Å². The van der Waals surface area contributed by atoms with Crippen LogP contribution in [0.2, 0.25) is 0 Å². The number of carbonyl (C=O) groups excluding carboxylic acids is 1. The van der Waals surface area contributed by atoms with Gasteiger partial charge in [-0.2, -0.15) is 13.2 Å². The Bertz CT molecular complexity index is 593. The molecule has 19 heavy (non-hydrogen) atoms. The normalized spacial score (nSPS) is 11.4. The fourth-order valence-electron chi connectivity index (χ4n) is 1.40. The number of aromatic nitrogens is 1. The van der Waals surface area contributed by atoms with Gasteiger partial charge in [0.15, 0.2) is 5.69 Å². The predicted molar refractivity (Wildman–Crippen MR) is 63.3 cm³/mol. The average molecular weight is 287 g/mol. The Balaban J connectivity index is 2.30. The number of rotatable bonds is 2. The first-order valence-electron chi connectivity index (χ1n) is 5.20. The van der Waals surface area contributed by atoms with Crippen molar-refractivity contribution in [3.8, 4) is 5.75 Å². The van der Waals surface area contributed by atoms with Crippen molar-refractivity contribution in [2.45, 2.75) is 13.1 Å². The molecule has 0 saturated heterocycles. The Hall–Kier alpha value is -1.89. The van der Waals surface area contributed by atoms with Crippen LogP contribution in [0.15, 0.2) is 30.3 Å². The van der Waals surface area contributed by atoms with E-state index < -0.39 is 22.7 Å². The summed E-state index contributed by atoms with van der Waals surface area (Å²) in [4.78, 5) is 14.3. The molecule has 0 aliphatic heterocycles. The lowest BCUT2D eigenvalue weighted by molar-refractivity contribution is -0.134. The Morgan fingerprint density at radius 1 is 1.26 bits per heavy atom. The van der Waals surface area contributed by atoms with Crippen molar-refractivity contribution in [3.05, 3.63) is 45.9 Å². The smallest absolute Gasteiger partial charge is 0.422 e. The molecule has 0 aliphatic rings. The zero-order valence-corrected chi connectivity index (χ0v) is 10.5. The fourth-order valence-corrected chi connectivity index (χ4v) is 2.18. The summed E-state index contributed by atoms with van der Waals surface area (Å²) in [6.07, 6.45) is -4.61. The molecule has 2 aromatic rings. The highest BCUT2D eigenvalue weighted by Crippen LogP contribution is 2.36. The molecule has 0 radical (unpaired) electrons. The summed E-state index contributed by atoms with van der Waals surface area (Å²) in [6, 6.07) is 7.87. The Labute approximate surface area is 110 Å². The van der Waals surface area contributed by atoms with E-state index in [-0.39, 0.29) is 10.8 Å². The largest absolute Gasteiger partial charge is 0.428 e. The molecule has 0 unspecified atom stereocenters. The van der Waals surface area contributed by atoms with E-state index in [1.54, 1.807) is 18.2 Å². The maximum absolute atomic E-state index is 12.7. The van der Waals surface area contributed by atoms with Crippen LogP contribution in [-0.4, -0.2) is 11.0 Å². The summed E-state index contributed by atoms with van der Waals surface area (Å²) in [5.41, 5.74) is -0.696. The first-order valence-corrected chi connectivity index (χ1v) is 6.01. The molecule has 1 heterocycles. The number of hydrogen-bond donors (Lipinski definition) is 0. The second kappa shape index (κ2) is 5.00. The third-order valence-electron chi connectivity index (χ3n) is 2.14. The number of para-hydroxylation sites is 1. The molecule has 0 aliphatic carbocycles. The summed E-state index contributed by atoms with van der Waals surface area (Å²) in [7, 11) is 0. The molecular formula is C12H8F3NO2S. The Kier molecular flexibility index (Phi) is 3.57. The van der Waals surface area contributed by atoms with Crippen molar-refractivity contribution in [1.82, 2.24) is 4.98 Å². The highest BCUT2D eigenvalue weighted by Gasteiger charge is 2.39. The molecule has 0 N–H and O–H groups in total. The molecular weight excluding hydrogens is 279 g/mol. The molecule has 0 bridgehead atoms. The number of hydrogen-bond acceptors (Lipinski definition) is 4. The van der Waals surface area contributed by atoms with E-state index in [4.69, 9.17) is 4.74 Å². The summed E-state index contributed by atoms with van der Waals surface area (Å²) in [6.45, 7) is 1.40. The SMILES string of the molecule is Cc1nc(C(=O)Oc2ccccc2)c(C(F)(F)F)s1. The quantitative estimate of drug-likeness (QED) is 0.624. The van der Waals surface area contributed by atoms with E-state index in [1.165, 1.54) is 19.1 Å². The first-order chi connectivity index (χ1) is 8.88. The van der Waals surface area contributed by atoms with Crippen LogP contribution in [0.4, 0.5) is 13.2 Å². The van der Waals surface area contributed by atoms with Gasteiger partial charge in [0.25, 0.3) is 0 Å². The summed E-state index contributed by atoms with van der Waals surface area (Å²) >= 11 is 0.423. The van der Waals surface area contributed by atoms with Crippen LogP contribution in [0.1, 0.15) is 20.4 Å². The van der Waals surface area contributed by atoms with Gasteiger partial charge in [0, 0.05) is 0 Å². The molecule has 0 fully saturated rings. The van der Waals surface area contributed by atoms with Gasteiger partial charge in [-0.3, -0.25) is 0 Å². The van der Waals surface area contributed by atoms with Gasteiger partial charge in [-0.15, -0.1) is 11.3 Å². The highest BCUT2D eigenvalue weighted by molar-refractivity contribution is 7.12. The van der Waals surface area contributed by atoms with Crippen molar-refractivity contribution >= 4 is 17.3 Å². The zero-order chi connectivity index (χ0) is 14.0. The van der Waals surface area contributed by atoms with E-state index in [0.29, 0.717) is 11.3 Å². The number of halogens is 3. The molecule has 7 heteroatoms. The molecule has 0 atom stereocenters. The highest BCUT2D eigenvalue weighted by atomic mass is 32.1. The maximum Gasteiger partial charge on any atom is 0.428 e. The second-order valence-electron chi connectivity index (χ2n) is 3.61. The van der Waals surface area contributed by atoms with Gasteiger partial charge in [-0.25, -0.2) is 9.78 Å². The molecule has 1 aromatic carbocycles. The Morgan fingerprint density at radius 3 is 2.47 bits per heavy atom. The van der Waals surface area contributed by atoms with E-state index in [1.807, 2.05) is 0 Å². The van der Waals surface area contributed by atoms with E-state index >= 15 is 0 Å². The Morgan fingerprint density at radius 2 is 1.89 bits per heavy atom. The molecule has 2 rings (SSSR count). The van der Waals surface area contributed by atoms with Crippen LogP contribution in [-0.2, 0) is 6.18 Å². The van der Waals surface area contributed by atoms with E-state index in [0.717, 1.165) is 0 Å². The monoisotopic (exact) mass is 287 g/mol. The van der Waals surface area contributed by atoms with Crippen molar-refractivity contribution in [1.29, 1.82) is 0 Å². The summed E-state index contributed by atoms with van der Waals surface area (Å²) in [5.74, 6) is -0.936. The van der Waals surface area contributed by atoms with Gasteiger partial charge in [0.05, 0.1) is 5.01 Å². The number of thiazole rings is 1. The topological polar surface area (TPSA) is 39.2 Å². The van der Waals surface area contributed by atoms with Gasteiger partial charge >= 0.3 is 12.1 Å². The minimum atomic E-state index is -4.61. The number of carbonyl (C=O) groups is 1. The maximum atomic E-state index is 12.7. The number of alkyl halides is 3. The lowest BCUT2D eigenvalue weighted by Crippen LogP contribution is -2.15. The van der Waals surface area contributed by atoms with Crippen LogP contribution in [0, 0.1) is 6.92 Å². The summed E-state index contributed by atoms with van der Waals surface area (Å²) in [5, 5.41) is 0.160. The number of ether oxygens (including phenoxy) is 1. The van der Waals surface area contributed by atoms with Gasteiger partial charge in [-0.1, -0.05) is 18.2 Å². The molecule has 0 amide bonds. The van der Waals surface area contributed by atoms with Crippen LogP contribution >= 0.6 is 11.3 Å². The zero-order valence-electron chi connectivity index (χ0n) is 9.69. The number of aryl methyl sites for hydroxylation is 1. The van der Waals surface area contributed by atoms with E-state index in [2.05, 4.69) is 4.98 Å². The molecule has 3 nitrogen and oxygen atoms in total. The first kappa shape index (κ1) is 13.5. The van der Waals surface area contributed by atoms with E-state index in [9.17, 15) is 18.0 Å². The lowest BCUT2D eigenvalue weighted by Gasteiger charge is -2.06. The number of benzene rings is 1. The minimum absolute atomic E-state index is 0.160. The standard InChI is InChI=1S/C12H8F3NO2S/c1-7-16-9(10(19-7)12(13,14)15)11(17)18-8-5-3-2-4-6-8/h2-6H,1H3. The number of nitrogens with zero attached hydrogens (tertiary/aromatic N) is 1. The third-order valence-corrected chi connectivity index (χ3v) is 3.15.